The van der Waals surface area contributed by atoms with Gasteiger partial charge in [0.15, 0.2) is 11.6 Å². The van der Waals surface area contributed by atoms with Gasteiger partial charge in [0.1, 0.15) is 5.92 Å². The molecule has 1 fully saturated rings. The first kappa shape index (κ1) is 16.4. The van der Waals surface area contributed by atoms with Gasteiger partial charge in [-0.3, -0.25) is 9.59 Å². The first-order valence-electron chi connectivity index (χ1n) is 7.15. The van der Waals surface area contributed by atoms with E-state index in [1.165, 1.54) is 11.0 Å². The standard InChI is InChI=1S/C15H18F2N2O3/c1-2-9(8-20)18-14(21)11-5-6-19(15(11)22)10-3-4-12(16)13(17)7-10/h3-4,7,9,11,20H,2,5-6,8H2,1H3,(H,18,21). The van der Waals surface area contributed by atoms with Gasteiger partial charge in [-0.1, -0.05) is 6.92 Å². The third kappa shape index (κ3) is 3.24. The number of anilines is 1. The van der Waals surface area contributed by atoms with E-state index in [0.717, 1.165) is 12.1 Å². The predicted octanol–water partition coefficient (Wildman–Crippen LogP) is 1.20. The Morgan fingerprint density at radius 3 is 2.77 bits per heavy atom. The van der Waals surface area contributed by atoms with Crippen molar-refractivity contribution in [3.8, 4) is 0 Å². The molecule has 5 nitrogen and oxygen atoms in total. The molecule has 7 heteroatoms. The van der Waals surface area contributed by atoms with E-state index in [-0.39, 0.29) is 18.8 Å². The van der Waals surface area contributed by atoms with Crippen LogP contribution in [0, 0.1) is 17.6 Å². The second kappa shape index (κ2) is 6.83. The number of amides is 2. The number of aliphatic hydroxyl groups excluding tert-OH is 1. The van der Waals surface area contributed by atoms with Gasteiger partial charge in [0.05, 0.1) is 12.6 Å². The van der Waals surface area contributed by atoms with Crippen molar-refractivity contribution < 1.29 is 23.5 Å². The van der Waals surface area contributed by atoms with E-state index in [1.807, 2.05) is 6.92 Å². The summed E-state index contributed by atoms with van der Waals surface area (Å²) in [5.74, 6) is -3.79. The van der Waals surface area contributed by atoms with Crippen LogP contribution in [0.1, 0.15) is 19.8 Å². The van der Waals surface area contributed by atoms with Crippen molar-refractivity contribution in [2.45, 2.75) is 25.8 Å². The summed E-state index contributed by atoms with van der Waals surface area (Å²) in [6.07, 6.45) is 0.849. The summed E-state index contributed by atoms with van der Waals surface area (Å²) >= 11 is 0. The van der Waals surface area contributed by atoms with E-state index < -0.39 is 35.4 Å². The van der Waals surface area contributed by atoms with Crippen molar-refractivity contribution in [2.75, 3.05) is 18.1 Å². The van der Waals surface area contributed by atoms with Crippen LogP contribution in [0.15, 0.2) is 18.2 Å². The van der Waals surface area contributed by atoms with E-state index in [1.54, 1.807) is 0 Å². The second-order valence-electron chi connectivity index (χ2n) is 5.23. The van der Waals surface area contributed by atoms with Gasteiger partial charge in [-0.05, 0) is 25.0 Å². The fourth-order valence-electron chi connectivity index (χ4n) is 2.41. The molecular weight excluding hydrogens is 294 g/mol. The number of carbonyl (C=O) groups excluding carboxylic acids is 2. The highest BCUT2D eigenvalue weighted by molar-refractivity contribution is 6.09. The quantitative estimate of drug-likeness (QED) is 0.803. The van der Waals surface area contributed by atoms with Crippen LogP contribution in [-0.2, 0) is 9.59 Å². The number of rotatable bonds is 5. The third-order valence-electron chi connectivity index (χ3n) is 3.80. The van der Waals surface area contributed by atoms with Gasteiger partial charge in [0, 0.05) is 18.3 Å². The van der Waals surface area contributed by atoms with Crippen LogP contribution in [0.25, 0.3) is 0 Å². The Hall–Kier alpha value is -2.02. The normalized spacial score (nSPS) is 19.4. The molecule has 0 bridgehead atoms. The van der Waals surface area contributed by atoms with Crippen molar-refractivity contribution in [2.24, 2.45) is 5.92 Å². The molecule has 1 aromatic rings. The fourth-order valence-corrected chi connectivity index (χ4v) is 2.41. The van der Waals surface area contributed by atoms with Crippen LogP contribution in [0.2, 0.25) is 0 Å². The summed E-state index contributed by atoms with van der Waals surface area (Å²) < 4.78 is 26.2. The molecule has 0 aromatic heterocycles. The smallest absolute Gasteiger partial charge is 0.239 e. The van der Waals surface area contributed by atoms with Crippen LogP contribution in [0.3, 0.4) is 0 Å². The average molecular weight is 312 g/mol. The number of halogens is 2. The van der Waals surface area contributed by atoms with E-state index in [0.29, 0.717) is 12.8 Å². The summed E-state index contributed by atoms with van der Waals surface area (Å²) in [6.45, 7) is 1.87. The zero-order valence-corrected chi connectivity index (χ0v) is 12.2. The molecule has 1 aromatic carbocycles. The molecule has 0 saturated carbocycles. The highest BCUT2D eigenvalue weighted by Crippen LogP contribution is 2.26. The van der Waals surface area contributed by atoms with Crippen molar-refractivity contribution in [1.29, 1.82) is 0 Å². The lowest BCUT2D eigenvalue weighted by atomic mass is 10.1. The number of aliphatic hydroxyl groups is 1. The number of nitrogens with zero attached hydrogens (tertiary/aromatic N) is 1. The SMILES string of the molecule is CCC(CO)NC(=O)C1CCN(c2ccc(F)c(F)c2)C1=O. The lowest BCUT2D eigenvalue weighted by Crippen LogP contribution is -2.43. The Bertz CT molecular complexity index is 576. The molecule has 1 saturated heterocycles. The van der Waals surface area contributed by atoms with Crippen LogP contribution in [-0.4, -0.2) is 36.1 Å². The van der Waals surface area contributed by atoms with E-state index in [9.17, 15) is 18.4 Å². The maximum Gasteiger partial charge on any atom is 0.239 e. The Balaban J connectivity index is 2.09. The van der Waals surface area contributed by atoms with Crippen molar-refractivity contribution in [1.82, 2.24) is 5.32 Å². The predicted molar refractivity (Wildman–Crippen MR) is 76.1 cm³/mol. The summed E-state index contributed by atoms with van der Waals surface area (Å²) in [5.41, 5.74) is 0.230. The molecule has 2 atom stereocenters. The lowest BCUT2D eigenvalue weighted by molar-refractivity contribution is -0.132. The molecule has 0 radical (unpaired) electrons. The topological polar surface area (TPSA) is 69.6 Å². The first-order chi connectivity index (χ1) is 10.5. The van der Waals surface area contributed by atoms with Crippen molar-refractivity contribution >= 4 is 17.5 Å². The highest BCUT2D eigenvalue weighted by atomic mass is 19.2. The monoisotopic (exact) mass is 312 g/mol. The average Bonchev–Trinajstić information content (AvgIpc) is 2.89. The summed E-state index contributed by atoms with van der Waals surface area (Å²) in [6, 6.07) is 2.80. The van der Waals surface area contributed by atoms with Gasteiger partial charge in [-0.25, -0.2) is 8.78 Å². The van der Waals surface area contributed by atoms with Crippen molar-refractivity contribution in [3.05, 3.63) is 29.8 Å². The Morgan fingerprint density at radius 2 is 2.18 bits per heavy atom. The van der Waals surface area contributed by atoms with Crippen LogP contribution in [0.5, 0.6) is 0 Å². The van der Waals surface area contributed by atoms with Gasteiger partial charge in [0.2, 0.25) is 11.8 Å². The van der Waals surface area contributed by atoms with Crippen molar-refractivity contribution in [3.63, 3.8) is 0 Å². The van der Waals surface area contributed by atoms with E-state index in [2.05, 4.69) is 5.32 Å². The minimum Gasteiger partial charge on any atom is -0.394 e. The minimum atomic E-state index is -1.04. The fraction of sp³-hybridized carbons (Fsp3) is 0.467. The Kier molecular flexibility index (Phi) is 5.07. The van der Waals surface area contributed by atoms with Gasteiger partial charge < -0.3 is 15.3 Å². The summed E-state index contributed by atoms with van der Waals surface area (Å²) in [7, 11) is 0. The molecule has 2 N–H and O–H groups in total. The Labute approximate surface area is 126 Å². The molecule has 22 heavy (non-hydrogen) atoms. The number of nitrogens with one attached hydrogen (secondary N) is 1. The van der Waals surface area contributed by atoms with Gasteiger partial charge in [0.25, 0.3) is 0 Å². The minimum absolute atomic E-state index is 0.198. The highest BCUT2D eigenvalue weighted by Gasteiger charge is 2.38. The third-order valence-corrected chi connectivity index (χ3v) is 3.80. The largest absolute Gasteiger partial charge is 0.394 e. The number of benzene rings is 1. The molecule has 2 rings (SSSR count). The zero-order chi connectivity index (χ0) is 16.3. The first-order valence-corrected chi connectivity index (χ1v) is 7.15. The zero-order valence-electron chi connectivity index (χ0n) is 12.2. The molecule has 0 aliphatic carbocycles. The molecule has 120 valence electrons. The molecule has 2 unspecified atom stereocenters. The number of hydrogen-bond donors (Lipinski definition) is 2. The van der Waals surface area contributed by atoms with E-state index >= 15 is 0 Å². The second-order valence-corrected chi connectivity index (χ2v) is 5.23. The maximum absolute atomic E-state index is 13.3. The van der Waals surface area contributed by atoms with Crippen LogP contribution < -0.4 is 10.2 Å². The molecule has 0 spiro atoms. The molecule has 1 heterocycles. The maximum atomic E-state index is 13.3. The van der Waals surface area contributed by atoms with Gasteiger partial charge in [-0.2, -0.15) is 0 Å². The summed E-state index contributed by atoms with van der Waals surface area (Å²) in [5, 5.41) is 11.7. The van der Waals surface area contributed by atoms with Crippen LogP contribution in [0.4, 0.5) is 14.5 Å². The molecule has 1 aliphatic heterocycles. The molecule has 1 aliphatic rings. The van der Waals surface area contributed by atoms with Crippen LogP contribution >= 0.6 is 0 Å². The molecule has 2 amide bonds. The van der Waals surface area contributed by atoms with Gasteiger partial charge >= 0.3 is 0 Å². The van der Waals surface area contributed by atoms with E-state index in [4.69, 9.17) is 5.11 Å². The number of carbonyl (C=O) groups is 2. The number of hydrogen-bond acceptors (Lipinski definition) is 3. The summed E-state index contributed by atoms with van der Waals surface area (Å²) in [4.78, 5) is 25.6. The lowest BCUT2D eigenvalue weighted by Gasteiger charge is -2.18. The molecular formula is C15H18F2N2O3. The van der Waals surface area contributed by atoms with Gasteiger partial charge in [-0.15, -0.1) is 0 Å². The Morgan fingerprint density at radius 1 is 1.45 bits per heavy atom.